The van der Waals surface area contributed by atoms with E-state index in [0.29, 0.717) is 43.2 Å². The lowest BCUT2D eigenvalue weighted by atomic mass is 10.2. The molecule has 1 aliphatic heterocycles. The van der Waals surface area contributed by atoms with Gasteiger partial charge in [0.05, 0.1) is 11.9 Å². The number of aromatic nitrogens is 3. The first kappa shape index (κ1) is 16.2. The second kappa shape index (κ2) is 6.86. The zero-order chi connectivity index (χ0) is 17.1. The number of imidazole rings is 1. The van der Waals surface area contributed by atoms with Crippen molar-refractivity contribution in [3.8, 4) is 0 Å². The highest BCUT2D eigenvalue weighted by atomic mass is 16.2. The topological polar surface area (TPSA) is 92.2 Å². The van der Waals surface area contributed by atoms with Crippen LogP contribution < -0.4 is 10.6 Å². The second-order valence-electron chi connectivity index (χ2n) is 6.33. The molecule has 128 valence electrons. The summed E-state index contributed by atoms with van der Waals surface area (Å²) in [6.45, 7) is 7.35. The Morgan fingerprint density at radius 2 is 2.25 bits per heavy atom. The van der Waals surface area contributed by atoms with E-state index in [2.05, 4.69) is 34.4 Å². The first-order valence-corrected chi connectivity index (χ1v) is 8.16. The molecule has 0 atom stereocenters. The Kier molecular flexibility index (Phi) is 4.64. The Morgan fingerprint density at radius 1 is 1.42 bits per heavy atom. The summed E-state index contributed by atoms with van der Waals surface area (Å²) in [6.07, 6.45) is 3.32. The highest BCUT2D eigenvalue weighted by Gasteiger charge is 2.19. The lowest BCUT2D eigenvalue weighted by Gasteiger charge is -2.14. The summed E-state index contributed by atoms with van der Waals surface area (Å²) in [6, 6.07) is 1.67. The molecule has 2 aromatic heterocycles. The van der Waals surface area contributed by atoms with Gasteiger partial charge in [0.2, 0.25) is 0 Å². The number of nitrogens with one attached hydrogen (secondary N) is 2. The number of pyridine rings is 1. The van der Waals surface area contributed by atoms with Crippen molar-refractivity contribution in [1.29, 1.82) is 0 Å². The van der Waals surface area contributed by atoms with Gasteiger partial charge in [-0.1, -0.05) is 13.8 Å². The molecule has 3 rings (SSSR count). The molecule has 8 heteroatoms. The fourth-order valence-corrected chi connectivity index (χ4v) is 2.73. The van der Waals surface area contributed by atoms with Crippen molar-refractivity contribution in [2.24, 2.45) is 5.92 Å². The van der Waals surface area contributed by atoms with Gasteiger partial charge >= 0.3 is 6.03 Å². The van der Waals surface area contributed by atoms with Crippen molar-refractivity contribution in [3.63, 3.8) is 0 Å². The van der Waals surface area contributed by atoms with E-state index < -0.39 is 0 Å². The van der Waals surface area contributed by atoms with Crippen LogP contribution in [0.5, 0.6) is 0 Å². The maximum Gasteiger partial charge on any atom is 0.317 e. The van der Waals surface area contributed by atoms with E-state index in [1.54, 1.807) is 23.5 Å². The molecule has 1 saturated heterocycles. The van der Waals surface area contributed by atoms with E-state index in [-0.39, 0.29) is 11.9 Å². The maximum absolute atomic E-state index is 12.2. The smallest absolute Gasteiger partial charge is 0.317 e. The average molecular weight is 330 g/mol. The Bertz CT molecular complexity index is 754. The van der Waals surface area contributed by atoms with Crippen LogP contribution in [0.4, 0.5) is 4.79 Å². The van der Waals surface area contributed by atoms with E-state index in [4.69, 9.17) is 0 Å². The molecule has 0 radical (unpaired) electrons. The molecular formula is C16H22N6O2. The van der Waals surface area contributed by atoms with Crippen molar-refractivity contribution in [2.45, 2.75) is 20.4 Å². The quantitative estimate of drug-likeness (QED) is 0.821. The first-order chi connectivity index (χ1) is 11.5. The first-order valence-electron chi connectivity index (χ1n) is 8.16. The molecule has 0 bridgehead atoms. The molecule has 8 nitrogen and oxygen atoms in total. The van der Waals surface area contributed by atoms with Gasteiger partial charge in [-0.3, -0.25) is 4.79 Å². The number of fused-ring (bicyclic) bond motifs is 1. The number of rotatable bonds is 6. The van der Waals surface area contributed by atoms with Gasteiger partial charge in [0.1, 0.15) is 5.52 Å². The lowest BCUT2D eigenvalue weighted by molar-refractivity contribution is 0.0950. The van der Waals surface area contributed by atoms with Gasteiger partial charge in [0.25, 0.3) is 5.91 Å². The molecule has 0 aliphatic carbocycles. The normalized spacial score (nSPS) is 14.5. The number of carbonyl (C=O) groups excluding carboxylic acids is 2. The fourth-order valence-electron chi connectivity index (χ4n) is 2.73. The molecule has 3 amide bonds. The van der Waals surface area contributed by atoms with Gasteiger partial charge < -0.3 is 20.1 Å². The monoisotopic (exact) mass is 330 g/mol. The van der Waals surface area contributed by atoms with Crippen LogP contribution in [-0.4, -0.2) is 57.6 Å². The Hall–Kier alpha value is -2.64. The lowest BCUT2D eigenvalue weighted by Crippen LogP contribution is -2.36. The van der Waals surface area contributed by atoms with Crippen molar-refractivity contribution in [2.75, 3.05) is 26.2 Å². The van der Waals surface area contributed by atoms with Crippen LogP contribution in [0, 0.1) is 5.92 Å². The van der Waals surface area contributed by atoms with Gasteiger partial charge in [-0.15, -0.1) is 0 Å². The summed E-state index contributed by atoms with van der Waals surface area (Å²) in [7, 11) is 0. The second-order valence-corrected chi connectivity index (χ2v) is 6.33. The van der Waals surface area contributed by atoms with Crippen LogP contribution in [0.15, 0.2) is 18.6 Å². The number of nitrogens with zero attached hydrogens (tertiary/aromatic N) is 4. The summed E-state index contributed by atoms with van der Waals surface area (Å²) < 4.78 is 1.99. The number of carbonyl (C=O) groups is 2. The molecule has 2 N–H and O–H groups in total. The molecule has 0 saturated carbocycles. The number of hydrogen-bond acceptors (Lipinski definition) is 4. The summed E-state index contributed by atoms with van der Waals surface area (Å²) in [5.41, 5.74) is 1.97. The molecule has 0 aromatic carbocycles. The zero-order valence-corrected chi connectivity index (χ0v) is 14.0. The molecular weight excluding hydrogens is 308 g/mol. The van der Waals surface area contributed by atoms with Crippen LogP contribution in [0.2, 0.25) is 0 Å². The van der Waals surface area contributed by atoms with Crippen LogP contribution in [-0.2, 0) is 6.54 Å². The van der Waals surface area contributed by atoms with Crippen molar-refractivity contribution < 1.29 is 9.59 Å². The van der Waals surface area contributed by atoms with Gasteiger partial charge in [-0.05, 0) is 12.0 Å². The summed E-state index contributed by atoms with van der Waals surface area (Å²) >= 11 is 0. The van der Waals surface area contributed by atoms with Crippen molar-refractivity contribution >= 4 is 23.1 Å². The molecule has 0 unspecified atom stereocenters. The van der Waals surface area contributed by atoms with E-state index in [0.717, 1.165) is 12.2 Å². The van der Waals surface area contributed by atoms with Crippen LogP contribution in [0.3, 0.4) is 0 Å². The minimum atomic E-state index is -0.206. The van der Waals surface area contributed by atoms with Crippen LogP contribution >= 0.6 is 0 Å². The predicted molar refractivity (Wildman–Crippen MR) is 89.7 cm³/mol. The largest absolute Gasteiger partial charge is 0.350 e. The summed E-state index contributed by atoms with van der Waals surface area (Å²) in [5.74, 6) is 0.289. The molecule has 0 spiro atoms. The molecule has 1 fully saturated rings. The summed E-state index contributed by atoms with van der Waals surface area (Å²) in [4.78, 5) is 34.0. The molecule has 1 aliphatic rings. The third-order valence-electron chi connectivity index (χ3n) is 3.89. The van der Waals surface area contributed by atoms with Crippen LogP contribution in [0.25, 0.3) is 11.2 Å². The Morgan fingerprint density at radius 3 is 2.96 bits per heavy atom. The van der Waals surface area contributed by atoms with Gasteiger partial charge in [0.15, 0.2) is 5.65 Å². The Labute approximate surface area is 140 Å². The third-order valence-corrected chi connectivity index (χ3v) is 3.89. The zero-order valence-electron chi connectivity index (χ0n) is 14.0. The van der Waals surface area contributed by atoms with Gasteiger partial charge in [-0.25, -0.2) is 14.8 Å². The average Bonchev–Trinajstić information content (AvgIpc) is 3.13. The van der Waals surface area contributed by atoms with Gasteiger partial charge in [-0.2, -0.15) is 0 Å². The van der Waals surface area contributed by atoms with Crippen molar-refractivity contribution in [1.82, 2.24) is 30.1 Å². The standard InChI is InChI=1S/C16H22N6O2/c1-11(2)9-22-10-20-13-7-12(8-19-14(13)22)15(23)17-3-5-21-6-4-18-16(21)24/h7-8,10-11H,3-6,9H2,1-2H3,(H,17,23)(H,18,24). The Balaban J connectivity index is 1.61. The van der Waals surface area contributed by atoms with E-state index in [1.165, 1.54) is 0 Å². The van der Waals surface area contributed by atoms with Crippen molar-refractivity contribution in [3.05, 3.63) is 24.2 Å². The minimum Gasteiger partial charge on any atom is -0.350 e. The fraction of sp³-hybridized carbons (Fsp3) is 0.500. The minimum absolute atomic E-state index is 0.0805. The number of hydrogen-bond donors (Lipinski definition) is 2. The van der Waals surface area contributed by atoms with E-state index in [9.17, 15) is 9.59 Å². The highest BCUT2D eigenvalue weighted by Crippen LogP contribution is 2.13. The number of amides is 3. The summed E-state index contributed by atoms with van der Waals surface area (Å²) in [5, 5.41) is 5.54. The van der Waals surface area contributed by atoms with E-state index >= 15 is 0 Å². The SMILES string of the molecule is CC(C)Cn1cnc2cc(C(=O)NCCN3CCNC3=O)cnc21. The third kappa shape index (κ3) is 3.47. The van der Waals surface area contributed by atoms with Crippen LogP contribution in [0.1, 0.15) is 24.2 Å². The maximum atomic E-state index is 12.2. The molecule has 3 heterocycles. The van der Waals surface area contributed by atoms with E-state index in [1.807, 2.05) is 4.57 Å². The van der Waals surface area contributed by atoms with Gasteiger partial charge in [0, 0.05) is 38.9 Å². The highest BCUT2D eigenvalue weighted by molar-refractivity contribution is 5.96. The molecule has 2 aromatic rings. The molecule has 24 heavy (non-hydrogen) atoms. The predicted octanol–water partition coefficient (Wildman–Crippen LogP) is 0.842. The number of urea groups is 1.